The zero-order valence-electron chi connectivity index (χ0n) is 13.5. The quantitative estimate of drug-likeness (QED) is 0.754. The molecule has 0 saturated heterocycles. The van der Waals surface area contributed by atoms with Gasteiger partial charge < -0.3 is 15.6 Å². The molecule has 0 spiro atoms. The minimum absolute atomic E-state index is 0.150. The zero-order valence-corrected chi connectivity index (χ0v) is 13.5. The van der Waals surface area contributed by atoms with E-state index in [-0.39, 0.29) is 10.8 Å². The summed E-state index contributed by atoms with van der Waals surface area (Å²) in [6.45, 7) is 15.0. The van der Waals surface area contributed by atoms with Crippen molar-refractivity contribution in [3.05, 3.63) is 0 Å². The fraction of sp³-hybridized carbons (Fsp3) is 0.933. The van der Waals surface area contributed by atoms with E-state index in [1.165, 1.54) is 6.92 Å². The molecule has 0 bridgehead atoms. The predicted molar refractivity (Wildman–Crippen MR) is 77.6 cm³/mol. The standard InChI is InChI=1S/C15H31NO3/c1-10(17)12(16)13(18)19-9-8-11(14(2,3)4)15(5,6)7/h10-12,17H,8-9,16H2,1-7H3. The van der Waals surface area contributed by atoms with Crippen molar-refractivity contribution in [2.24, 2.45) is 22.5 Å². The summed E-state index contributed by atoms with van der Waals surface area (Å²) in [4.78, 5) is 11.6. The first-order chi connectivity index (χ1) is 8.37. The van der Waals surface area contributed by atoms with Gasteiger partial charge in [-0.15, -0.1) is 0 Å². The van der Waals surface area contributed by atoms with Gasteiger partial charge in [-0.3, -0.25) is 4.79 Å². The highest BCUT2D eigenvalue weighted by atomic mass is 16.5. The van der Waals surface area contributed by atoms with E-state index in [4.69, 9.17) is 10.5 Å². The molecule has 2 atom stereocenters. The monoisotopic (exact) mass is 273 g/mol. The van der Waals surface area contributed by atoms with E-state index >= 15 is 0 Å². The molecule has 2 unspecified atom stereocenters. The highest BCUT2D eigenvalue weighted by molar-refractivity contribution is 5.76. The van der Waals surface area contributed by atoms with E-state index in [9.17, 15) is 9.90 Å². The van der Waals surface area contributed by atoms with Gasteiger partial charge in [0.05, 0.1) is 12.7 Å². The van der Waals surface area contributed by atoms with Crippen LogP contribution < -0.4 is 5.73 Å². The van der Waals surface area contributed by atoms with Gasteiger partial charge in [0.2, 0.25) is 0 Å². The fourth-order valence-electron chi connectivity index (χ4n) is 2.74. The first-order valence-corrected chi connectivity index (χ1v) is 6.97. The smallest absolute Gasteiger partial charge is 0.325 e. The van der Waals surface area contributed by atoms with E-state index in [1.54, 1.807) is 0 Å². The van der Waals surface area contributed by atoms with Crippen LogP contribution in [-0.2, 0) is 9.53 Å². The van der Waals surface area contributed by atoms with Crippen molar-refractivity contribution >= 4 is 5.97 Å². The summed E-state index contributed by atoms with van der Waals surface area (Å²) in [5, 5.41) is 9.23. The van der Waals surface area contributed by atoms with Crippen LogP contribution >= 0.6 is 0 Å². The van der Waals surface area contributed by atoms with Crippen LogP contribution in [0.25, 0.3) is 0 Å². The molecule has 0 fully saturated rings. The lowest BCUT2D eigenvalue weighted by Gasteiger charge is -2.40. The molecule has 4 heteroatoms. The zero-order chi connectivity index (χ0) is 15.4. The molecule has 0 saturated carbocycles. The Kier molecular flexibility index (Phi) is 6.49. The minimum atomic E-state index is -0.956. The normalized spacial score (nSPS) is 16.3. The Balaban J connectivity index is 4.41. The Morgan fingerprint density at radius 1 is 1.16 bits per heavy atom. The molecule has 0 aromatic carbocycles. The molecule has 0 aliphatic carbocycles. The number of hydrogen-bond donors (Lipinski definition) is 2. The van der Waals surface area contributed by atoms with Crippen LogP contribution in [0.4, 0.5) is 0 Å². The third-order valence-electron chi connectivity index (χ3n) is 3.53. The third-order valence-corrected chi connectivity index (χ3v) is 3.53. The van der Waals surface area contributed by atoms with Gasteiger partial charge >= 0.3 is 5.97 Å². The molecular formula is C15H31NO3. The second-order valence-electron chi connectivity index (χ2n) is 7.51. The summed E-state index contributed by atoms with van der Waals surface area (Å²) in [6.07, 6.45) is -0.0841. The van der Waals surface area contributed by atoms with Crippen molar-refractivity contribution in [1.29, 1.82) is 0 Å². The average molecular weight is 273 g/mol. The fourth-order valence-corrected chi connectivity index (χ4v) is 2.74. The first-order valence-electron chi connectivity index (χ1n) is 6.97. The van der Waals surface area contributed by atoms with Crippen LogP contribution in [0.15, 0.2) is 0 Å². The SMILES string of the molecule is CC(O)C(N)C(=O)OCCC(C(C)(C)C)C(C)(C)C. The second kappa shape index (κ2) is 6.71. The van der Waals surface area contributed by atoms with Crippen LogP contribution in [0.5, 0.6) is 0 Å². The van der Waals surface area contributed by atoms with Crippen molar-refractivity contribution < 1.29 is 14.6 Å². The van der Waals surface area contributed by atoms with Crippen LogP contribution in [0.3, 0.4) is 0 Å². The van der Waals surface area contributed by atoms with Gasteiger partial charge in [-0.1, -0.05) is 41.5 Å². The molecule has 3 N–H and O–H groups in total. The molecule has 0 radical (unpaired) electrons. The molecule has 0 rings (SSSR count). The number of esters is 1. The molecule has 4 nitrogen and oxygen atoms in total. The average Bonchev–Trinajstić information content (AvgIpc) is 2.18. The molecule has 0 aromatic rings. The number of carbonyl (C=O) groups is 1. The Hall–Kier alpha value is -0.610. The lowest BCUT2D eigenvalue weighted by Crippen LogP contribution is -2.42. The number of carbonyl (C=O) groups excluding carboxylic acids is 1. The van der Waals surface area contributed by atoms with Crippen molar-refractivity contribution in [3.8, 4) is 0 Å². The maximum absolute atomic E-state index is 11.6. The number of aliphatic hydroxyl groups is 1. The lowest BCUT2D eigenvalue weighted by molar-refractivity contribution is -0.148. The van der Waals surface area contributed by atoms with Gasteiger partial charge in [0.25, 0.3) is 0 Å². The third kappa shape index (κ3) is 6.39. The Morgan fingerprint density at radius 2 is 1.58 bits per heavy atom. The summed E-state index contributed by atoms with van der Waals surface area (Å²) >= 11 is 0. The Labute approximate surface area is 117 Å². The van der Waals surface area contributed by atoms with Gasteiger partial charge in [-0.2, -0.15) is 0 Å². The molecule has 0 heterocycles. The lowest BCUT2D eigenvalue weighted by atomic mass is 9.65. The molecule has 19 heavy (non-hydrogen) atoms. The predicted octanol–water partition coefficient (Wildman–Crippen LogP) is 2.34. The maximum atomic E-state index is 11.6. The van der Waals surface area contributed by atoms with Gasteiger partial charge in [0.1, 0.15) is 6.04 Å². The number of hydrogen-bond acceptors (Lipinski definition) is 4. The summed E-state index contributed by atoms with van der Waals surface area (Å²) in [6, 6.07) is -0.956. The summed E-state index contributed by atoms with van der Waals surface area (Å²) in [7, 11) is 0. The van der Waals surface area contributed by atoms with Crippen molar-refractivity contribution in [2.45, 2.75) is 67.0 Å². The van der Waals surface area contributed by atoms with Gasteiger partial charge in [0, 0.05) is 0 Å². The molecule has 0 aliphatic rings. The highest BCUT2D eigenvalue weighted by Crippen LogP contribution is 2.41. The molecule has 0 aliphatic heterocycles. The van der Waals surface area contributed by atoms with Gasteiger partial charge in [-0.05, 0) is 30.1 Å². The number of aliphatic hydroxyl groups excluding tert-OH is 1. The van der Waals surface area contributed by atoms with Crippen molar-refractivity contribution in [3.63, 3.8) is 0 Å². The molecular weight excluding hydrogens is 242 g/mol. The summed E-state index contributed by atoms with van der Waals surface area (Å²) in [5.74, 6) is -0.104. The van der Waals surface area contributed by atoms with Crippen molar-refractivity contribution in [2.75, 3.05) is 6.61 Å². The summed E-state index contributed by atoms with van der Waals surface area (Å²) < 4.78 is 5.16. The summed E-state index contributed by atoms with van der Waals surface area (Å²) in [5.41, 5.74) is 5.82. The molecule has 114 valence electrons. The van der Waals surface area contributed by atoms with Crippen LogP contribution in [-0.4, -0.2) is 29.8 Å². The van der Waals surface area contributed by atoms with Crippen LogP contribution in [0.1, 0.15) is 54.9 Å². The topological polar surface area (TPSA) is 72.5 Å². The minimum Gasteiger partial charge on any atom is -0.464 e. The van der Waals surface area contributed by atoms with E-state index in [1.807, 2.05) is 0 Å². The van der Waals surface area contributed by atoms with E-state index in [2.05, 4.69) is 41.5 Å². The van der Waals surface area contributed by atoms with Gasteiger partial charge in [0.15, 0.2) is 0 Å². The van der Waals surface area contributed by atoms with Crippen molar-refractivity contribution in [1.82, 2.24) is 0 Å². The number of nitrogens with two attached hydrogens (primary N) is 1. The molecule has 0 amide bonds. The molecule has 0 aromatic heterocycles. The van der Waals surface area contributed by atoms with E-state index in [0.29, 0.717) is 12.5 Å². The number of ether oxygens (including phenoxy) is 1. The van der Waals surface area contributed by atoms with Crippen LogP contribution in [0, 0.1) is 16.7 Å². The first kappa shape index (κ1) is 18.4. The van der Waals surface area contributed by atoms with Gasteiger partial charge in [-0.25, -0.2) is 0 Å². The van der Waals surface area contributed by atoms with E-state index in [0.717, 1.165) is 6.42 Å². The van der Waals surface area contributed by atoms with Crippen LogP contribution in [0.2, 0.25) is 0 Å². The van der Waals surface area contributed by atoms with E-state index < -0.39 is 18.1 Å². The largest absolute Gasteiger partial charge is 0.464 e. The maximum Gasteiger partial charge on any atom is 0.325 e. The number of rotatable bonds is 5. The second-order valence-corrected chi connectivity index (χ2v) is 7.51. The Morgan fingerprint density at radius 3 is 1.89 bits per heavy atom. The highest BCUT2D eigenvalue weighted by Gasteiger charge is 2.34. The Bertz CT molecular complexity index is 273.